The number of aliphatic hydroxyl groups excluding tert-OH is 1. The standard InChI is InChI=1S/C16H20N3O7P/c1-10-15(21)13(11(7-17-10)9-26-27(23,24)25)8-18-14-5-4-12(3-2-6-20)19-16(14)22/h4-5,7,20-21H,2-3,6,8-9H2,1H3,(H2,23,24,25)/p-2. The van der Waals surface area contributed by atoms with Crippen LogP contribution in [0.15, 0.2) is 28.3 Å². The van der Waals surface area contributed by atoms with Crippen molar-refractivity contribution in [3.8, 4) is 5.75 Å². The second-order valence-corrected chi connectivity index (χ2v) is 6.84. The number of carbonyl (C=O) groups excluding carboxylic acids is 1. The molecule has 1 amide bonds. The van der Waals surface area contributed by atoms with Crippen LogP contribution in [-0.4, -0.2) is 39.1 Å². The molecule has 0 spiro atoms. The summed E-state index contributed by atoms with van der Waals surface area (Å²) in [6.45, 7) is 0.765. The molecule has 27 heavy (non-hydrogen) atoms. The molecule has 11 heteroatoms. The summed E-state index contributed by atoms with van der Waals surface area (Å²) in [5, 5.41) is 19.0. The number of hydrogen-bond acceptors (Lipinski definition) is 9. The SMILES string of the molecule is Cc1ncc(COP(=O)([O-])[O-])c(CN=C2C=CC(CCCO)=NC2=O)c1O. The average Bonchev–Trinajstić information content (AvgIpc) is 2.60. The van der Waals surface area contributed by atoms with Crippen LogP contribution in [0, 0.1) is 6.92 Å². The fourth-order valence-electron chi connectivity index (χ4n) is 2.29. The predicted molar refractivity (Wildman–Crippen MR) is 92.1 cm³/mol. The minimum absolute atomic E-state index is 0.00678. The number of phosphoric ester groups is 1. The fraction of sp³-hybridized carbons (Fsp3) is 0.375. The molecular formula is C16H18N3O7P-2. The monoisotopic (exact) mass is 395 g/mol. The number of amides is 1. The summed E-state index contributed by atoms with van der Waals surface area (Å²) in [5.74, 6) is -0.788. The molecule has 2 rings (SSSR count). The Kier molecular flexibility index (Phi) is 7.11. The van der Waals surface area contributed by atoms with Crippen LogP contribution in [0.5, 0.6) is 5.75 Å². The van der Waals surface area contributed by atoms with Crippen LogP contribution >= 0.6 is 7.82 Å². The summed E-state index contributed by atoms with van der Waals surface area (Å²) >= 11 is 0. The summed E-state index contributed by atoms with van der Waals surface area (Å²) in [7, 11) is -5.20. The number of aliphatic hydroxyl groups is 1. The topological polar surface area (TPSA) is 168 Å². The molecule has 1 aromatic rings. The van der Waals surface area contributed by atoms with E-state index >= 15 is 0 Å². The van der Waals surface area contributed by atoms with Crippen molar-refractivity contribution in [2.24, 2.45) is 9.98 Å². The molecule has 0 aromatic carbocycles. The Bertz CT molecular complexity index is 858. The minimum atomic E-state index is -5.20. The van der Waals surface area contributed by atoms with Gasteiger partial charge in [-0.3, -0.25) is 14.8 Å². The number of carbonyl (C=O) groups is 1. The van der Waals surface area contributed by atoms with Gasteiger partial charge in [0.05, 0.1) is 26.7 Å². The number of phosphoric acid groups is 1. The highest BCUT2D eigenvalue weighted by atomic mass is 31.2. The first-order chi connectivity index (χ1) is 12.7. The fourth-order valence-corrected chi connectivity index (χ4v) is 2.59. The number of dihydropyridines is 1. The zero-order valence-corrected chi connectivity index (χ0v) is 15.4. The Hall–Kier alpha value is -2.23. The number of aryl methyl sites for hydroxylation is 1. The van der Waals surface area contributed by atoms with Gasteiger partial charge in [0, 0.05) is 29.6 Å². The molecule has 2 N–H and O–H groups in total. The van der Waals surface area contributed by atoms with Crippen molar-refractivity contribution in [2.75, 3.05) is 6.61 Å². The van der Waals surface area contributed by atoms with Crippen molar-refractivity contribution in [3.63, 3.8) is 0 Å². The molecule has 1 aliphatic heterocycles. The molecule has 0 fully saturated rings. The molecule has 10 nitrogen and oxygen atoms in total. The Morgan fingerprint density at radius 1 is 1.33 bits per heavy atom. The molecule has 0 saturated heterocycles. The summed E-state index contributed by atoms with van der Waals surface area (Å²) in [6.07, 6.45) is 5.31. The van der Waals surface area contributed by atoms with Gasteiger partial charge < -0.3 is 29.1 Å². The van der Waals surface area contributed by atoms with Crippen molar-refractivity contribution in [2.45, 2.75) is 32.9 Å². The number of nitrogens with zero attached hydrogens (tertiary/aromatic N) is 3. The van der Waals surface area contributed by atoms with Crippen LogP contribution in [-0.2, 0) is 27.0 Å². The lowest BCUT2D eigenvalue weighted by Crippen LogP contribution is -2.17. The van der Waals surface area contributed by atoms with Crippen LogP contribution < -0.4 is 9.79 Å². The lowest BCUT2D eigenvalue weighted by atomic mass is 10.1. The van der Waals surface area contributed by atoms with Gasteiger partial charge in [0.2, 0.25) is 0 Å². The van der Waals surface area contributed by atoms with E-state index in [0.29, 0.717) is 18.6 Å². The molecule has 0 radical (unpaired) electrons. The Morgan fingerprint density at radius 3 is 2.70 bits per heavy atom. The van der Waals surface area contributed by atoms with E-state index in [4.69, 9.17) is 5.11 Å². The highest BCUT2D eigenvalue weighted by molar-refractivity contribution is 7.43. The third kappa shape index (κ3) is 6.16. The first-order valence-electron chi connectivity index (χ1n) is 7.99. The van der Waals surface area contributed by atoms with E-state index in [-0.39, 0.29) is 41.4 Å². The second-order valence-electron chi connectivity index (χ2n) is 5.69. The number of aromatic hydroxyl groups is 1. The van der Waals surface area contributed by atoms with Gasteiger partial charge in [0.25, 0.3) is 5.91 Å². The van der Waals surface area contributed by atoms with E-state index < -0.39 is 20.3 Å². The third-order valence-electron chi connectivity index (χ3n) is 3.70. The van der Waals surface area contributed by atoms with Gasteiger partial charge in [0.1, 0.15) is 11.5 Å². The van der Waals surface area contributed by atoms with E-state index in [1.807, 2.05) is 0 Å². The number of aromatic nitrogens is 1. The summed E-state index contributed by atoms with van der Waals surface area (Å²) in [5.41, 5.74) is 1.22. The molecule has 0 bridgehead atoms. The third-order valence-corrected chi connectivity index (χ3v) is 4.15. The maximum Gasteiger partial charge on any atom is 0.295 e. The van der Waals surface area contributed by atoms with E-state index in [0.717, 1.165) is 0 Å². The van der Waals surface area contributed by atoms with Gasteiger partial charge >= 0.3 is 0 Å². The van der Waals surface area contributed by atoms with Crippen molar-refractivity contribution in [1.82, 2.24) is 4.98 Å². The summed E-state index contributed by atoms with van der Waals surface area (Å²) in [6, 6.07) is 0. The smallest absolute Gasteiger partial charge is 0.295 e. The van der Waals surface area contributed by atoms with Gasteiger partial charge in [-0.25, -0.2) is 4.99 Å². The van der Waals surface area contributed by atoms with Gasteiger partial charge in [-0.2, -0.15) is 0 Å². The largest absolute Gasteiger partial charge is 0.790 e. The first kappa shape index (κ1) is 21.1. The minimum Gasteiger partial charge on any atom is -0.790 e. The quantitative estimate of drug-likeness (QED) is 0.565. The van der Waals surface area contributed by atoms with Crippen molar-refractivity contribution in [1.29, 1.82) is 0 Å². The molecule has 0 atom stereocenters. The van der Waals surface area contributed by atoms with E-state index in [9.17, 15) is 24.3 Å². The van der Waals surface area contributed by atoms with Gasteiger partial charge in [-0.15, -0.1) is 0 Å². The Balaban J connectivity index is 2.20. The van der Waals surface area contributed by atoms with Crippen molar-refractivity contribution < 1.29 is 33.9 Å². The molecule has 0 aliphatic carbocycles. The zero-order valence-electron chi connectivity index (χ0n) is 14.5. The van der Waals surface area contributed by atoms with Crippen LogP contribution in [0.25, 0.3) is 0 Å². The van der Waals surface area contributed by atoms with E-state index in [1.54, 1.807) is 6.08 Å². The number of aliphatic imine (C=N–C) groups is 2. The Morgan fingerprint density at radius 2 is 2.07 bits per heavy atom. The molecule has 1 aromatic heterocycles. The number of rotatable bonds is 8. The highest BCUT2D eigenvalue weighted by Crippen LogP contribution is 2.30. The molecule has 2 heterocycles. The number of hydrogen-bond donors (Lipinski definition) is 2. The first-order valence-corrected chi connectivity index (χ1v) is 9.45. The van der Waals surface area contributed by atoms with Gasteiger partial charge in [0.15, 0.2) is 0 Å². The van der Waals surface area contributed by atoms with Crippen molar-refractivity contribution in [3.05, 3.63) is 35.2 Å². The summed E-state index contributed by atoms with van der Waals surface area (Å²) < 4.78 is 14.9. The molecule has 146 valence electrons. The van der Waals surface area contributed by atoms with Crippen LogP contribution in [0.2, 0.25) is 0 Å². The van der Waals surface area contributed by atoms with Crippen LogP contribution in [0.4, 0.5) is 0 Å². The maximum atomic E-state index is 12.0. The molecule has 0 saturated carbocycles. The second kappa shape index (κ2) is 9.12. The number of allylic oxidation sites excluding steroid dienone is 1. The normalized spacial score (nSPS) is 16.1. The lowest BCUT2D eigenvalue weighted by molar-refractivity contribution is -0.342. The van der Waals surface area contributed by atoms with E-state index in [1.165, 1.54) is 19.2 Å². The predicted octanol–water partition coefficient (Wildman–Crippen LogP) is -0.308. The van der Waals surface area contributed by atoms with Crippen LogP contribution in [0.3, 0.4) is 0 Å². The molecule has 0 unspecified atom stereocenters. The van der Waals surface area contributed by atoms with E-state index in [2.05, 4.69) is 19.5 Å². The number of pyridine rings is 1. The van der Waals surface area contributed by atoms with Crippen LogP contribution in [0.1, 0.15) is 29.7 Å². The highest BCUT2D eigenvalue weighted by Gasteiger charge is 2.16. The maximum absolute atomic E-state index is 12.0. The molecular weight excluding hydrogens is 377 g/mol. The molecule has 1 aliphatic rings. The Labute approximate surface area is 155 Å². The average molecular weight is 395 g/mol. The van der Waals surface area contributed by atoms with Crippen molar-refractivity contribution >= 4 is 25.2 Å². The zero-order chi connectivity index (χ0) is 20.0. The summed E-state index contributed by atoms with van der Waals surface area (Å²) in [4.78, 5) is 45.3. The van der Waals surface area contributed by atoms with Gasteiger partial charge in [-0.1, -0.05) is 0 Å². The van der Waals surface area contributed by atoms with Gasteiger partial charge in [-0.05, 0) is 31.9 Å². The lowest BCUT2D eigenvalue weighted by Gasteiger charge is -2.28.